The molecule has 2 fully saturated rings. The number of nitrogen functional groups attached to an aromatic ring is 1. The van der Waals surface area contributed by atoms with Crippen LogP contribution in [0.15, 0.2) is 18.2 Å². The number of nitrogens with one attached hydrogen (secondary N) is 1. The zero-order chi connectivity index (χ0) is 22.5. The van der Waals surface area contributed by atoms with E-state index in [0.717, 1.165) is 19.1 Å². The number of carbonyl (C=O) groups excluding carboxylic acids is 1. The molecule has 2 unspecified atom stereocenters. The van der Waals surface area contributed by atoms with Gasteiger partial charge < -0.3 is 11.1 Å². The van der Waals surface area contributed by atoms with Crippen LogP contribution >= 0.6 is 11.6 Å². The first-order chi connectivity index (χ1) is 14.5. The standard InChI is InChI=1S/C20H24ClFN4O4S/c1-26-19(23)17(20(27)24-13-3-4-16(22)15(21)9-13)18(25-26)12-5-10-7-14(8-11(10)6-12)30-31(2,28)29/h3-4,9-12,14H,5-8,23H2,1-2H3,(H,24,27). The quantitative estimate of drug-likeness (QED) is 0.647. The average molecular weight is 471 g/mol. The normalized spacial score (nSPS) is 25.5. The number of amides is 1. The van der Waals surface area contributed by atoms with Gasteiger partial charge in [0.25, 0.3) is 16.0 Å². The molecule has 1 aromatic carbocycles. The second-order valence-electron chi connectivity index (χ2n) is 8.43. The molecule has 0 saturated heterocycles. The Bertz CT molecular complexity index is 1120. The van der Waals surface area contributed by atoms with Gasteiger partial charge >= 0.3 is 0 Å². The molecule has 1 heterocycles. The summed E-state index contributed by atoms with van der Waals surface area (Å²) in [4.78, 5) is 13.0. The van der Waals surface area contributed by atoms with E-state index >= 15 is 0 Å². The summed E-state index contributed by atoms with van der Waals surface area (Å²) in [5.74, 6) is -0.0968. The van der Waals surface area contributed by atoms with Crippen molar-refractivity contribution in [2.45, 2.75) is 37.7 Å². The highest BCUT2D eigenvalue weighted by atomic mass is 35.5. The molecule has 4 rings (SSSR count). The smallest absolute Gasteiger partial charge is 0.264 e. The van der Waals surface area contributed by atoms with E-state index in [1.165, 1.54) is 22.9 Å². The lowest BCUT2D eigenvalue weighted by Crippen LogP contribution is -2.17. The maximum absolute atomic E-state index is 13.4. The SMILES string of the molecule is Cn1nc(C2CC3CC(OS(C)(=O)=O)CC3C2)c(C(=O)Nc2ccc(F)c(Cl)c2)c1N. The fourth-order valence-corrected chi connectivity index (χ4v) is 5.79. The van der Waals surface area contributed by atoms with E-state index in [1.807, 2.05) is 0 Å². The number of aromatic nitrogens is 2. The lowest BCUT2D eigenvalue weighted by Gasteiger charge is -2.14. The topological polar surface area (TPSA) is 116 Å². The lowest BCUT2D eigenvalue weighted by atomic mass is 9.96. The zero-order valence-corrected chi connectivity index (χ0v) is 18.7. The molecule has 8 nitrogen and oxygen atoms in total. The van der Waals surface area contributed by atoms with E-state index in [9.17, 15) is 17.6 Å². The van der Waals surface area contributed by atoms with Gasteiger partial charge in [0.1, 0.15) is 17.2 Å². The maximum Gasteiger partial charge on any atom is 0.264 e. The van der Waals surface area contributed by atoms with Crippen LogP contribution in [0.5, 0.6) is 0 Å². The summed E-state index contributed by atoms with van der Waals surface area (Å²) >= 11 is 5.80. The second-order valence-corrected chi connectivity index (χ2v) is 10.4. The van der Waals surface area contributed by atoms with E-state index in [2.05, 4.69) is 10.4 Å². The molecule has 2 aliphatic carbocycles. The fraction of sp³-hybridized carbons (Fsp3) is 0.500. The molecule has 0 aliphatic heterocycles. The molecule has 0 bridgehead atoms. The number of fused-ring (bicyclic) bond motifs is 1. The van der Waals surface area contributed by atoms with Crippen molar-refractivity contribution in [2.24, 2.45) is 18.9 Å². The van der Waals surface area contributed by atoms with Gasteiger partial charge in [0.05, 0.1) is 23.1 Å². The van der Waals surface area contributed by atoms with Crippen molar-refractivity contribution in [3.05, 3.63) is 40.3 Å². The molecule has 31 heavy (non-hydrogen) atoms. The van der Waals surface area contributed by atoms with Gasteiger partial charge in [0.2, 0.25) is 0 Å². The summed E-state index contributed by atoms with van der Waals surface area (Å²) in [5, 5.41) is 7.14. The van der Waals surface area contributed by atoms with Crippen molar-refractivity contribution >= 4 is 39.1 Å². The van der Waals surface area contributed by atoms with Crippen molar-refractivity contribution in [3.63, 3.8) is 0 Å². The third-order valence-electron chi connectivity index (χ3n) is 6.19. The molecule has 3 N–H and O–H groups in total. The van der Waals surface area contributed by atoms with Gasteiger partial charge in [-0.25, -0.2) is 4.39 Å². The minimum atomic E-state index is -3.48. The minimum absolute atomic E-state index is 0.0373. The van der Waals surface area contributed by atoms with Gasteiger partial charge in [-0.3, -0.25) is 13.7 Å². The van der Waals surface area contributed by atoms with Gasteiger partial charge in [-0.1, -0.05) is 11.6 Å². The Morgan fingerprint density at radius 1 is 1.29 bits per heavy atom. The Kier molecular flexibility index (Phi) is 5.74. The van der Waals surface area contributed by atoms with Gasteiger partial charge in [-0.2, -0.15) is 13.5 Å². The van der Waals surface area contributed by atoms with Crippen molar-refractivity contribution in [2.75, 3.05) is 17.3 Å². The molecule has 168 valence electrons. The first-order valence-electron chi connectivity index (χ1n) is 9.99. The number of anilines is 2. The van der Waals surface area contributed by atoms with E-state index in [-0.39, 0.29) is 22.9 Å². The Morgan fingerprint density at radius 2 is 1.94 bits per heavy atom. The first-order valence-corrected chi connectivity index (χ1v) is 12.2. The number of halogens is 2. The highest BCUT2D eigenvalue weighted by Gasteiger charge is 2.45. The molecule has 2 aromatic rings. The number of aryl methyl sites for hydroxylation is 1. The summed E-state index contributed by atoms with van der Waals surface area (Å²) in [5.41, 5.74) is 7.44. The minimum Gasteiger partial charge on any atom is -0.383 e. The van der Waals surface area contributed by atoms with Crippen LogP contribution in [0.4, 0.5) is 15.9 Å². The molecule has 2 saturated carbocycles. The van der Waals surface area contributed by atoms with Crippen molar-refractivity contribution in [1.29, 1.82) is 0 Å². The second kappa shape index (κ2) is 8.07. The number of benzene rings is 1. The summed E-state index contributed by atoms with van der Waals surface area (Å²) in [6, 6.07) is 3.94. The van der Waals surface area contributed by atoms with Crippen LogP contribution in [-0.4, -0.2) is 36.5 Å². The predicted molar refractivity (Wildman–Crippen MR) is 115 cm³/mol. The van der Waals surface area contributed by atoms with Crippen LogP contribution in [-0.2, 0) is 21.3 Å². The Labute approximate surface area is 185 Å². The number of nitrogens with zero attached hydrogens (tertiary/aromatic N) is 2. The first kappa shape index (κ1) is 22.0. The number of hydrogen-bond acceptors (Lipinski definition) is 6. The Hall–Kier alpha value is -2.17. The average Bonchev–Trinajstić information content (AvgIpc) is 3.28. The molecular weight excluding hydrogens is 447 g/mol. The van der Waals surface area contributed by atoms with Crippen molar-refractivity contribution in [3.8, 4) is 0 Å². The molecule has 2 atom stereocenters. The van der Waals surface area contributed by atoms with E-state index < -0.39 is 21.8 Å². The van der Waals surface area contributed by atoms with E-state index in [1.54, 1.807) is 7.05 Å². The Morgan fingerprint density at radius 3 is 2.52 bits per heavy atom. The number of hydrogen-bond donors (Lipinski definition) is 2. The highest BCUT2D eigenvalue weighted by molar-refractivity contribution is 7.86. The van der Waals surface area contributed by atoms with Crippen LogP contribution in [0.3, 0.4) is 0 Å². The van der Waals surface area contributed by atoms with E-state index in [0.29, 0.717) is 41.6 Å². The largest absolute Gasteiger partial charge is 0.383 e. The summed E-state index contributed by atoms with van der Waals surface area (Å²) in [7, 11) is -1.80. The third-order valence-corrected chi connectivity index (χ3v) is 7.10. The van der Waals surface area contributed by atoms with Gasteiger partial charge in [0, 0.05) is 18.7 Å². The predicted octanol–water partition coefficient (Wildman–Crippen LogP) is 3.30. The summed E-state index contributed by atoms with van der Waals surface area (Å²) in [6.45, 7) is 0. The van der Waals surface area contributed by atoms with Crippen LogP contribution in [0.2, 0.25) is 5.02 Å². The Balaban J connectivity index is 1.51. The maximum atomic E-state index is 13.4. The van der Waals surface area contributed by atoms with Gasteiger partial charge in [-0.05, 0) is 55.7 Å². The molecule has 1 amide bonds. The van der Waals surface area contributed by atoms with Crippen LogP contribution in [0.25, 0.3) is 0 Å². The van der Waals surface area contributed by atoms with Gasteiger partial charge in [0.15, 0.2) is 0 Å². The molecule has 11 heteroatoms. The molecule has 1 aromatic heterocycles. The molecule has 0 spiro atoms. The monoisotopic (exact) mass is 470 g/mol. The molecular formula is C20H24ClFN4O4S. The lowest BCUT2D eigenvalue weighted by molar-refractivity contribution is 0.102. The van der Waals surface area contributed by atoms with Crippen LogP contribution in [0.1, 0.15) is 47.7 Å². The molecule has 0 radical (unpaired) electrons. The van der Waals surface area contributed by atoms with Crippen molar-refractivity contribution in [1.82, 2.24) is 9.78 Å². The summed E-state index contributed by atoms with van der Waals surface area (Å²) < 4.78 is 42.9. The van der Waals surface area contributed by atoms with E-state index in [4.69, 9.17) is 21.5 Å². The van der Waals surface area contributed by atoms with Gasteiger partial charge in [-0.15, -0.1) is 0 Å². The summed E-state index contributed by atoms with van der Waals surface area (Å²) in [6.07, 6.45) is 3.70. The third kappa shape index (κ3) is 4.56. The van der Waals surface area contributed by atoms with Crippen molar-refractivity contribution < 1.29 is 21.8 Å². The number of nitrogens with two attached hydrogens (primary N) is 1. The highest BCUT2D eigenvalue weighted by Crippen LogP contribution is 2.52. The molecule has 2 aliphatic rings. The number of rotatable bonds is 5. The van der Waals surface area contributed by atoms with Crippen LogP contribution in [0, 0.1) is 17.7 Å². The fourth-order valence-electron chi connectivity index (χ4n) is 4.95. The number of carbonyl (C=O) groups is 1. The zero-order valence-electron chi connectivity index (χ0n) is 17.1. The van der Waals surface area contributed by atoms with Crippen LogP contribution < -0.4 is 11.1 Å².